The van der Waals surface area contributed by atoms with Gasteiger partial charge in [0.25, 0.3) is 0 Å². The van der Waals surface area contributed by atoms with Crippen LogP contribution in [0.15, 0.2) is 0 Å². The van der Waals surface area contributed by atoms with Gasteiger partial charge in [-0.05, 0) is 27.7 Å². The summed E-state index contributed by atoms with van der Waals surface area (Å²) in [7, 11) is 1.44. The number of quaternary nitrogens is 1. The Balaban J connectivity index is 2.79. The third-order valence-corrected chi connectivity index (χ3v) is 3.75. The summed E-state index contributed by atoms with van der Waals surface area (Å²) < 4.78 is 4.56. The van der Waals surface area contributed by atoms with Crippen molar-refractivity contribution < 1.29 is 28.7 Å². The van der Waals surface area contributed by atoms with Crippen LogP contribution in [0.2, 0.25) is 0 Å². The standard InChI is InChI=1S/C14H24N2O5/c1-10-7-6-8-16(10,13(19)20)11(17)9-15(5)12(18)21-14(2,3)4/h10H,6-9H2,1-5H3/p+1/t10-,16?/m1/s1. The van der Waals surface area contributed by atoms with Crippen molar-refractivity contribution in [2.24, 2.45) is 0 Å². The Bertz CT molecular complexity index is 443. The SMILES string of the molecule is C[C@@H]1CCC[N+]1(C(=O)O)C(=O)CN(C)C(=O)OC(C)(C)C. The number of hydrogen-bond donors (Lipinski definition) is 1. The minimum Gasteiger partial charge on any atom is -0.444 e. The molecule has 1 fully saturated rings. The van der Waals surface area contributed by atoms with Crippen molar-refractivity contribution in [3.05, 3.63) is 0 Å². The molecular weight excluding hydrogens is 276 g/mol. The van der Waals surface area contributed by atoms with Crippen molar-refractivity contribution in [3.8, 4) is 0 Å². The molecule has 21 heavy (non-hydrogen) atoms. The molecule has 1 N–H and O–H groups in total. The van der Waals surface area contributed by atoms with Crippen molar-refractivity contribution >= 4 is 18.1 Å². The van der Waals surface area contributed by atoms with E-state index in [0.29, 0.717) is 12.8 Å². The molecule has 0 aliphatic carbocycles. The van der Waals surface area contributed by atoms with Gasteiger partial charge in [0, 0.05) is 19.9 Å². The molecule has 7 nitrogen and oxygen atoms in total. The number of ether oxygens (including phenoxy) is 1. The Morgan fingerprint density at radius 1 is 1.33 bits per heavy atom. The van der Waals surface area contributed by atoms with E-state index in [1.54, 1.807) is 27.7 Å². The molecule has 0 saturated carbocycles. The average molecular weight is 301 g/mol. The Morgan fingerprint density at radius 3 is 2.29 bits per heavy atom. The molecule has 1 rings (SSSR count). The summed E-state index contributed by atoms with van der Waals surface area (Å²) in [6, 6.07) is -0.276. The van der Waals surface area contributed by atoms with Crippen molar-refractivity contribution in [3.63, 3.8) is 0 Å². The molecule has 1 aliphatic rings. The van der Waals surface area contributed by atoms with Crippen molar-refractivity contribution in [2.75, 3.05) is 20.1 Å². The second-order valence-corrected chi connectivity index (χ2v) is 6.60. The highest BCUT2D eigenvalue weighted by Gasteiger charge is 2.53. The van der Waals surface area contributed by atoms with Gasteiger partial charge in [-0.1, -0.05) is 0 Å². The molecule has 0 radical (unpaired) electrons. The number of rotatable bonds is 2. The summed E-state index contributed by atoms with van der Waals surface area (Å²) in [6.07, 6.45) is -0.405. The summed E-state index contributed by atoms with van der Waals surface area (Å²) in [5.41, 5.74) is -0.658. The summed E-state index contributed by atoms with van der Waals surface area (Å²) in [6.45, 7) is 6.95. The first-order chi connectivity index (χ1) is 9.50. The van der Waals surface area contributed by atoms with Crippen molar-refractivity contribution in [1.82, 2.24) is 4.90 Å². The molecule has 0 aromatic heterocycles. The predicted molar refractivity (Wildman–Crippen MR) is 75.7 cm³/mol. The molecule has 120 valence electrons. The quantitative estimate of drug-likeness (QED) is 0.789. The van der Waals surface area contributed by atoms with Gasteiger partial charge in [0.2, 0.25) is 0 Å². The third-order valence-electron chi connectivity index (χ3n) is 3.75. The van der Waals surface area contributed by atoms with E-state index in [0.717, 1.165) is 4.90 Å². The lowest BCUT2D eigenvalue weighted by atomic mass is 10.2. The van der Waals surface area contributed by atoms with Gasteiger partial charge in [-0.2, -0.15) is 9.28 Å². The lowest BCUT2D eigenvalue weighted by molar-refractivity contribution is -0.792. The second-order valence-electron chi connectivity index (χ2n) is 6.60. The fourth-order valence-corrected chi connectivity index (χ4v) is 2.57. The van der Waals surface area contributed by atoms with E-state index in [4.69, 9.17) is 4.74 Å². The first kappa shape index (κ1) is 17.4. The molecule has 0 aromatic carbocycles. The molecule has 0 bridgehead atoms. The van der Waals surface area contributed by atoms with Crippen LogP contribution >= 0.6 is 0 Å². The van der Waals surface area contributed by atoms with Crippen molar-refractivity contribution in [1.29, 1.82) is 0 Å². The Morgan fingerprint density at radius 2 is 1.90 bits per heavy atom. The van der Waals surface area contributed by atoms with E-state index in [1.807, 2.05) is 0 Å². The number of nitrogens with zero attached hydrogens (tertiary/aromatic N) is 2. The summed E-state index contributed by atoms with van der Waals surface area (Å²) in [4.78, 5) is 37.0. The van der Waals surface area contributed by atoms with Crippen LogP contribution in [-0.2, 0) is 9.53 Å². The molecular formula is C14H25N2O5+. The largest absolute Gasteiger partial charge is 0.521 e. The molecule has 1 heterocycles. The fraction of sp³-hybridized carbons (Fsp3) is 0.786. The molecule has 0 spiro atoms. The van der Waals surface area contributed by atoms with Crippen LogP contribution in [0.3, 0.4) is 0 Å². The number of carbonyl (C=O) groups is 3. The number of likely N-dealkylation sites (tertiary alicyclic amines) is 1. The van der Waals surface area contributed by atoms with Gasteiger partial charge < -0.3 is 9.84 Å². The van der Waals surface area contributed by atoms with E-state index in [9.17, 15) is 19.5 Å². The monoisotopic (exact) mass is 301 g/mol. The minimum absolute atomic E-state index is 0.272. The van der Waals surface area contributed by atoms with Gasteiger partial charge in [0.1, 0.15) is 18.2 Å². The van der Waals surface area contributed by atoms with Crippen LogP contribution in [0.1, 0.15) is 40.5 Å². The van der Waals surface area contributed by atoms with Gasteiger partial charge in [-0.3, -0.25) is 4.90 Å². The smallest absolute Gasteiger partial charge is 0.444 e. The first-order valence-corrected chi connectivity index (χ1v) is 7.09. The Labute approximate surface area is 125 Å². The molecule has 2 atom stereocenters. The second kappa shape index (κ2) is 6.01. The van der Waals surface area contributed by atoms with E-state index in [-0.39, 0.29) is 19.1 Å². The number of amides is 3. The fourth-order valence-electron chi connectivity index (χ4n) is 2.57. The lowest BCUT2D eigenvalue weighted by Crippen LogP contribution is -2.61. The topological polar surface area (TPSA) is 83.9 Å². The lowest BCUT2D eigenvalue weighted by Gasteiger charge is -2.31. The van der Waals surface area contributed by atoms with E-state index < -0.39 is 28.2 Å². The maximum atomic E-state index is 12.4. The maximum absolute atomic E-state index is 12.4. The molecule has 1 unspecified atom stereocenters. The van der Waals surface area contributed by atoms with Crippen LogP contribution in [0.5, 0.6) is 0 Å². The zero-order chi connectivity index (χ0) is 16.4. The van der Waals surface area contributed by atoms with E-state index >= 15 is 0 Å². The van der Waals surface area contributed by atoms with E-state index in [2.05, 4.69) is 0 Å². The highest BCUT2D eigenvalue weighted by molar-refractivity contribution is 5.84. The van der Waals surface area contributed by atoms with E-state index in [1.165, 1.54) is 7.05 Å². The van der Waals surface area contributed by atoms with Gasteiger partial charge >= 0.3 is 18.1 Å². The number of imide groups is 1. The van der Waals surface area contributed by atoms with Crippen LogP contribution in [-0.4, -0.2) is 64.4 Å². The Kier molecular flexibility index (Phi) is 4.99. The van der Waals surface area contributed by atoms with Gasteiger partial charge in [0.05, 0.1) is 6.54 Å². The molecule has 7 heteroatoms. The van der Waals surface area contributed by atoms with Crippen LogP contribution in [0, 0.1) is 0 Å². The van der Waals surface area contributed by atoms with Gasteiger partial charge in [0.15, 0.2) is 0 Å². The summed E-state index contributed by atoms with van der Waals surface area (Å²) >= 11 is 0. The predicted octanol–water partition coefficient (Wildman–Crippen LogP) is 2.06. The first-order valence-electron chi connectivity index (χ1n) is 7.09. The highest BCUT2D eigenvalue weighted by Crippen LogP contribution is 2.28. The third kappa shape index (κ3) is 3.72. The maximum Gasteiger partial charge on any atom is 0.521 e. The summed E-state index contributed by atoms with van der Waals surface area (Å²) in [5.74, 6) is -0.485. The molecule has 1 saturated heterocycles. The van der Waals surface area contributed by atoms with Gasteiger partial charge in [-0.25, -0.2) is 9.59 Å². The molecule has 0 aromatic rings. The van der Waals surface area contributed by atoms with Crippen LogP contribution < -0.4 is 0 Å². The van der Waals surface area contributed by atoms with Crippen molar-refractivity contribution in [2.45, 2.75) is 52.2 Å². The highest BCUT2D eigenvalue weighted by atomic mass is 16.6. The van der Waals surface area contributed by atoms with Gasteiger partial charge in [-0.15, -0.1) is 0 Å². The average Bonchev–Trinajstić information content (AvgIpc) is 2.69. The zero-order valence-electron chi connectivity index (χ0n) is 13.4. The van der Waals surface area contributed by atoms with Crippen LogP contribution in [0.4, 0.5) is 9.59 Å². The van der Waals surface area contributed by atoms with Crippen LogP contribution in [0.25, 0.3) is 0 Å². The minimum atomic E-state index is -1.15. The number of carbonyl (C=O) groups excluding carboxylic acids is 2. The number of carboxylic acid groups (broad SMARTS) is 1. The zero-order valence-corrected chi connectivity index (χ0v) is 13.4. The molecule has 1 aliphatic heterocycles. The number of likely N-dealkylation sites (N-methyl/N-ethyl adjacent to an activating group) is 1. The normalized spacial score (nSPS) is 25.5. The molecule has 3 amide bonds. The summed E-state index contributed by atoms with van der Waals surface area (Å²) in [5, 5.41) is 9.46. The number of hydrogen-bond acceptors (Lipinski definition) is 4. The Hall–Kier alpha value is -1.63.